The second kappa shape index (κ2) is 6.27. The van der Waals surface area contributed by atoms with Crippen LogP contribution in [0.1, 0.15) is 18.9 Å². The first-order valence-corrected chi connectivity index (χ1v) is 6.71. The van der Waals surface area contributed by atoms with Gasteiger partial charge in [-0.15, -0.1) is 0 Å². The number of nitrogens with zero attached hydrogens (tertiary/aromatic N) is 1. The Hall–Kier alpha value is -2.21. The van der Waals surface area contributed by atoms with Crippen LogP contribution in [-0.2, 0) is 0 Å². The monoisotopic (exact) mass is 310 g/mol. The van der Waals surface area contributed by atoms with Crippen LogP contribution in [0.25, 0.3) is 5.57 Å². The molecule has 1 aliphatic heterocycles. The lowest BCUT2D eigenvalue weighted by atomic mass is 10.0. The Morgan fingerprint density at radius 2 is 2.18 bits per heavy atom. The molecule has 118 valence electrons. The van der Waals surface area contributed by atoms with Gasteiger partial charge in [0.2, 0.25) is 0 Å². The number of rotatable bonds is 4. The van der Waals surface area contributed by atoms with E-state index in [1.807, 2.05) is 6.92 Å². The maximum absolute atomic E-state index is 13.2. The molecule has 0 spiro atoms. The van der Waals surface area contributed by atoms with Gasteiger partial charge in [0.1, 0.15) is 0 Å². The lowest BCUT2D eigenvalue weighted by Gasteiger charge is -2.28. The maximum atomic E-state index is 13.2. The van der Waals surface area contributed by atoms with E-state index < -0.39 is 11.7 Å². The number of nitrogens with two attached hydrogens (primary N) is 1. The average Bonchev–Trinajstić information content (AvgIpc) is 2.94. The van der Waals surface area contributed by atoms with E-state index in [9.17, 15) is 13.2 Å². The number of hydrogen-bond acceptors (Lipinski definition) is 3. The predicted molar refractivity (Wildman–Crippen MR) is 79.2 cm³/mol. The van der Waals surface area contributed by atoms with E-state index in [0.717, 1.165) is 11.6 Å². The maximum Gasteiger partial charge on any atom is 0.418 e. The van der Waals surface area contributed by atoms with E-state index in [4.69, 9.17) is 10.2 Å². The molecule has 0 atom stereocenters. The average molecular weight is 310 g/mol. The van der Waals surface area contributed by atoms with Gasteiger partial charge < -0.3 is 15.1 Å². The highest BCUT2D eigenvalue weighted by Crippen LogP contribution is 2.38. The van der Waals surface area contributed by atoms with Crippen molar-refractivity contribution >= 4 is 5.57 Å². The molecule has 6 heteroatoms. The molecule has 2 heterocycles. The molecule has 1 aromatic heterocycles. The Labute approximate surface area is 126 Å². The molecule has 0 radical (unpaired) electrons. The molecule has 0 aromatic carbocycles. The van der Waals surface area contributed by atoms with Crippen molar-refractivity contribution in [3.63, 3.8) is 0 Å². The molecule has 0 fully saturated rings. The number of allylic oxidation sites excluding steroid dienone is 3. The fourth-order valence-electron chi connectivity index (χ4n) is 2.12. The van der Waals surface area contributed by atoms with Gasteiger partial charge >= 0.3 is 6.18 Å². The second-order valence-corrected chi connectivity index (χ2v) is 5.02. The fourth-order valence-corrected chi connectivity index (χ4v) is 2.12. The van der Waals surface area contributed by atoms with Crippen molar-refractivity contribution in [3.8, 4) is 0 Å². The molecule has 0 amide bonds. The summed E-state index contributed by atoms with van der Waals surface area (Å²) in [5.74, 6) is 0. The summed E-state index contributed by atoms with van der Waals surface area (Å²) in [5, 5.41) is 0. The zero-order valence-corrected chi connectivity index (χ0v) is 12.2. The molecule has 1 aromatic rings. The van der Waals surface area contributed by atoms with Crippen molar-refractivity contribution in [3.05, 3.63) is 66.1 Å². The first-order valence-electron chi connectivity index (χ1n) is 6.71. The summed E-state index contributed by atoms with van der Waals surface area (Å²) in [6.07, 6.45) is 3.24. The van der Waals surface area contributed by atoms with Gasteiger partial charge in [0.15, 0.2) is 0 Å². The summed E-state index contributed by atoms with van der Waals surface area (Å²) in [5.41, 5.74) is 6.43. The van der Waals surface area contributed by atoms with Gasteiger partial charge in [-0.3, -0.25) is 0 Å². The molecule has 1 aliphatic rings. The molecule has 0 bridgehead atoms. The van der Waals surface area contributed by atoms with Crippen LogP contribution in [0.5, 0.6) is 0 Å². The van der Waals surface area contributed by atoms with E-state index >= 15 is 0 Å². The number of alkyl halides is 3. The van der Waals surface area contributed by atoms with E-state index in [1.165, 1.54) is 17.4 Å². The highest BCUT2D eigenvalue weighted by Gasteiger charge is 2.38. The van der Waals surface area contributed by atoms with Crippen LogP contribution in [0.4, 0.5) is 13.2 Å². The summed E-state index contributed by atoms with van der Waals surface area (Å²) < 4.78 is 44.6. The van der Waals surface area contributed by atoms with Crippen molar-refractivity contribution < 1.29 is 17.6 Å². The minimum absolute atomic E-state index is 0.115. The Bertz CT molecular complexity index is 637. The summed E-state index contributed by atoms with van der Waals surface area (Å²) in [6.45, 7) is 5.82. The number of halogens is 3. The van der Waals surface area contributed by atoms with Crippen LogP contribution in [-0.4, -0.2) is 17.6 Å². The van der Waals surface area contributed by atoms with Crippen molar-refractivity contribution in [2.75, 3.05) is 6.54 Å². The zero-order valence-electron chi connectivity index (χ0n) is 12.2. The van der Waals surface area contributed by atoms with Gasteiger partial charge in [0.05, 0.1) is 18.1 Å². The van der Waals surface area contributed by atoms with Gasteiger partial charge in [0.25, 0.3) is 0 Å². The first-order chi connectivity index (χ1) is 10.3. The molecule has 2 rings (SSSR count). The smallest absolute Gasteiger partial charge is 0.418 e. The largest absolute Gasteiger partial charge is 0.472 e. The Kier molecular flexibility index (Phi) is 4.61. The van der Waals surface area contributed by atoms with E-state index in [2.05, 4.69) is 6.58 Å². The molecule has 0 saturated carbocycles. The van der Waals surface area contributed by atoms with Crippen LogP contribution in [0.2, 0.25) is 0 Å². The van der Waals surface area contributed by atoms with Gasteiger partial charge in [0, 0.05) is 29.2 Å². The van der Waals surface area contributed by atoms with Crippen LogP contribution in [0.15, 0.2) is 64.9 Å². The molecule has 2 N–H and O–H groups in total. The predicted octanol–water partition coefficient (Wildman–Crippen LogP) is 4.19. The highest BCUT2D eigenvalue weighted by molar-refractivity contribution is 5.77. The summed E-state index contributed by atoms with van der Waals surface area (Å²) in [4.78, 5) is 1.39. The van der Waals surface area contributed by atoms with Crippen molar-refractivity contribution in [1.29, 1.82) is 0 Å². The van der Waals surface area contributed by atoms with Crippen molar-refractivity contribution in [1.82, 2.24) is 4.90 Å². The summed E-state index contributed by atoms with van der Waals surface area (Å²) in [6, 6.07) is 1.61. The fraction of sp³-hybridized carbons (Fsp3) is 0.250. The van der Waals surface area contributed by atoms with Crippen LogP contribution < -0.4 is 5.73 Å². The molecule has 22 heavy (non-hydrogen) atoms. The van der Waals surface area contributed by atoms with Crippen LogP contribution in [0.3, 0.4) is 0 Å². The Morgan fingerprint density at radius 1 is 1.45 bits per heavy atom. The second-order valence-electron chi connectivity index (χ2n) is 5.02. The quantitative estimate of drug-likeness (QED) is 0.906. The summed E-state index contributed by atoms with van der Waals surface area (Å²) in [7, 11) is 0. The van der Waals surface area contributed by atoms with Gasteiger partial charge in [-0.05, 0) is 32.0 Å². The zero-order chi connectivity index (χ0) is 16.3. The molecule has 0 aliphatic carbocycles. The highest BCUT2D eigenvalue weighted by atomic mass is 19.4. The molecular weight excluding hydrogens is 293 g/mol. The lowest BCUT2D eigenvalue weighted by molar-refractivity contribution is -0.0907. The molecule has 0 saturated heterocycles. The Balaban J connectivity index is 2.45. The Morgan fingerprint density at radius 3 is 2.73 bits per heavy atom. The first kappa shape index (κ1) is 16.2. The van der Waals surface area contributed by atoms with Crippen molar-refractivity contribution in [2.45, 2.75) is 19.5 Å². The minimum Gasteiger partial charge on any atom is -0.472 e. The molecule has 3 nitrogen and oxygen atoms in total. The third-order valence-corrected chi connectivity index (χ3v) is 3.26. The molecule has 0 unspecified atom stereocenters. The summed E-state index contributed by atoms with van der Waals surface area (Å²) >= 11 is 0. The topological polar surface area (TPSA) is 42.4 Å². The third-order valence-electron chi connectivity index (χ3n) is 3.26. The van der Waals surface area contributed by atoms with Gasteiger partial charge in [-0.2, -0.15) is 13.2 Å². The van der Waals surface area contributed by atoms with E-state index in [1.54, 1.807) is 18.5 Å². The third kappa shape index (κ3) is 3.51. The van der Waals surface area contributed by atoms with E-state index in [0.29, 0.717) is 24.1 Å². The molecular formula is C16H17F3N2O. The van der Waals surface area contributed by atoms with Crippen LogP contribution >= 0.6 is 0 Å². The van der Waals surface area contributed by atoms with E-state index in [-0.39, 0.29) is 5.70 Å². The standard InChI is InChI=1S/C16H17F3N2O/c1-11(3-5-20)8-21-9-14(13-4-6-22-10-13)7-15(12(21)2)16(17,18)19/h4,6-10H,2-3,5,20H2,1H3/b11-8+. The minimum atomic E-state index is -4.48. The normalized spacial score (nSPS) is 16.7. The van der Waals surface area contributed by atoms with Crippen molar-refractivity contribution in [2.24, 2.45) is 5.73 Å². The van der Waals surface area contributed by atoms with Gasteiger partial charge in [-0.1, -0.05) is 12.2 Å². The van der Waals surface area contributed by atoms with Crippen LogP contribution in [0, 0.1) is 0 Å². The SMILES string of the molecule is C=C1C(C(F)(F)F)=CC(c2ccoc2)=CN1/C=C(\C)CCN. The number of hydrogen-bond donors (Lipinski definition) is 1. The lowest BCUT2D eigenvalue weighted by Crippen LogP contribution is -2.24. The van der Waals surface area contributed by atoms with Gasteiger partial charge in [-0.25, -0.2) is 0 Å². The number of furan rings is 1.